The number of esters is 1. The van der Waals surface area contributed by atoms with Gasteiger partial charge in [-0.1, -0.05) is 62.5 Å². The largest absolute Gasteiger partial charge is 0.480 e. The van der Waals surface area contributed by atoms with Crippen molar-refractivity contribution in [2.75, 3.05) is 12.5 Å². The predicted octanol–water partition coefficient (Wildman–Crippen LogP) is 7.01. The van der Waals surface area contributed by atoms with Crippen LogP contribution in [0.2, 0.25) is 49.6 Å². The first-order valence-electron chi connectivity index (χ1n) is 14.4. The first kappa shape index (κ1) is 36.7. The van der Waals surface area contributed by atoms with Crippen LogP contribution in [0.25, 0.3) is 11.6 Å². The van der Waals surface area contributed by atoms with Crippen molar-refractivity contribution in [3.05, 3.63) is 70.2 Å². The number of carboxylic acid groups (broad SMARTS) is 1. The minimum absolute atomic E-state index is 0.0391. The minimum Gasteiger partial charge on any atom is -0.480 e. The average molecular weight is 708 g/mol. The van der Waals surface area contributed by atoms with Crippen LogP contribution in [-0.4, -0.2) is 80.8 Å². The predicted molar refractivity (Wildman–Crippen MR) is 183 cm³/mol. The van der Waals surface area contributed by atoms with E-state index in [1.165, 1.54) is 10.7 Å². The molecule has 4 rings (SSSR count). The van der Waals surface area contributed by atoms with Gasteiger partial charge in [-0.25, -0.2) is 28.9 Å². The van der Waals surface area contributed by atoms with Crippen LogP contribution in [0.5, 0.6) is 11.8 Å². The molecule has 0 aliphatic carbocycles. The molecular formula is C30H40Cl2N6O6Si2. The Bertz CT molecular complexity index is 1680. The molecule has 0 unspecified atom stereocenters. The maximum absolute atomic E-state index is 12.1. The van der Waals surface area contributed by atoms with E-state index in [9.17, 15) is 9.59 Å². The second kappa shape index (κ2) is 14.8. The van der Waals surface area contributed by atoms with Crippen LogP contribution < -0.4 is 9.47 Å². The molecule has 248 valence electrons. The summed E-state index contributed by atoms with van der Waals surface area (Å²) in [6, 6.07) is 9.71. The zero-order valence-corrected chi connectivity index (χ0v) is 31.0. The molecule has 0 spiro atoms. The van der Waals surface area contributed by atoms with E-state index in [-0.39, 0.29) is 21.4 Å². The molecule has 0 aliphatic heterocycles. The van der Waals surface area contributed by atoms with Crippen LogP contribution in [-0.2, 0) is 4.74 Å². The van der Waals surface area contributed by atoms with Gasteiger partial charge in [-0.2, -0.15) is 0 Å². The number of carbonyl (C=O) groups excluding carboxylic acids is 1. The van der Waals surface area contributed by atoms with Crippen molar-refractivity contribution in [3.63, 3.8) is 0 Å². The SMILES string of the molecule is CC(C)(C)OC(=O)c1ccc(-n2ccc(OC[Si](C)(C)C)n2)nc1Cl.C[Si](C)(C)COc1ccn(-c2ccc(C(=O)O)c(Cl)n2)n1. The third-order valence-electron chi connectivity index (χ3n) is 5.42. The molecule has 16 heteroatoms. The maximum Gasteiger partial charge on any atom is 0.341 e. The molecule has 0 aliphatic rings. The fraction of sp³-hybridized carbons (Fsp3) is 0.400. The molecule has 0 saturated heterocycles. The molecule has 0 saturated carbocycles. The van der Waals surface area contributed by atoms with E-state index in [1.54, 1.807) is 68.2 Å². The summed E-state index contributed by atoms with van der Waals surface area (Å²) in [5.41, 5.74) is -0.408. The van der Waals surface area contributed by atoms with E-state index in [0.717, 1.165) is 0 Å². The third-order valence-corrected chi connectivity index (χ3v) is 8.02. The summed E-state index contributed by atoms with van der Waals surface area (Å²) in [5.74, 6) is 0.372. The lowest BCUT2D eigenvalue weighted by Gasteiger charge is -2.19. The van der Waals surface area contributed by atoms with Gasteiger partial charge < -0.3 is 19.3 Å². The monoisotopic (exact) mass is 706 g/mol. The zero-order valence-electron chi connectivity index (χ0n) is 27.5. The van der Waals surface area contributed by atoms with Crippen molar-refractivity contribution in [1.82, 2.24) is 29.5 Å². The number of pyridine rings is 2. The van der Waals surface area contributed by atoms with Crippen molar-refractivity contribution >= 4 is 51.3 Å². The Morgan fingerprint density at radius 2 is 1.15 bits per heavy atom. The molecule has 0 radical (unpaired) electrons. The number of nitrogens with zero attached hydrogens (tertiary/aromatic N) is 6. The molecule has 1 N–H and O–H groups in total. The van der Waals surface area contributed by atoms with Gasteiger partial charge in [-0.15, -0.1) is 10.2 Å². The van der Waals surface area contributed by atoms with Gasteiger partial charge in [0, 0.05) is 24.5 Å². The summed E-state index contributed by atoms with van der Waals surface area (Å²) in [4.78, 5) is 31.3. The van der Waals surface area contributed by atoms with E-state index >= 15 is 0 Å². The van der Waals surface area contributed by atoms with Gasteiger partial charge in [0.1, 0.15) is 15.9 Å². The Hall–Kier alpha value is -3.73. The maximum atomic E-state index is 12.1. The van der Waals surface area contributed by atoms with E-state index in [1.807, 2.05) is 0 Å². The van der Waals surface area contributed by atoms with Gasteiger partial charge >= 0.3 is 11.9 Å². The van der Waals surface area contributed by atoms with E-state index in [0.29, 0.717) is 35.9 Å². The highest BCUT2D eigenvalue weighted by Gasteiger charge is 2.22. The lowest BCUT2D eigenvalue weighted by Crippen LogP contribution is -2.30. The number of aromatic carboxylic acids is 1. The van der Waals surface area contributed by atoms with Crippen molar-refractivity contribution < 1.29 is 28.9 Å². The van der Waals surface area contributed by atoms with Crippen molar-refractivity contribution in [1.29, 1.82) is 0 Å². The van der Waals surface area contributed by atoms with Gasteiger partial charge in [0.2, 0.25) is 11.8 Å². The highest BCUT2D eigenvalue weighted by molar-refractivity contribution is 6.76. The number of hydrogen-bond donors (Lipinski definition) is 1. The minimum atomic E-state index is -1.32. The number of halogens is 2. The first-order valence-corrected chi connectivity index (χ1v) is 22.6. The summed E-state index contributed by atoms with van der Waals surface area (Å²) in [6.45, 7) is 18.7. The van der Waals surface area contributed by atoms with Crippen LogP contribution in [0.4, 0.5) is 0 Å². The molecule has 0 amide bonds. The quantitative estimate of drug-likeness (QED) is 0.104. The number of carbonyl (C=O) groups is 2. The second-order valence-electron chi connectivity index (χ2n) is 13.7. The Morgan fingerprint density at radius 3 is 1.50 bits per heavy atom. The summed E-state index contributed by atoms with van der Waals surface area (Å²) >= 11 is 12.0. The molecular weight excluding hydrogens is 667 g/mol. The normalized spacial score (nSPS) is 11.8. The Balaban J connectivity index is 0.000000254. The molecule has 0 atom stereocenters. The van der Waals surface area contributed by atoms with Crippen LogP contribution in [0.1, 0.15) is 41.5 Å². The molecule has 4 aromatic heterocycles. The topological polar surface area (TPSA) is 143 Å². The second-order valence-corrected chi connectivity index (χ2v) is 25.3. The highest BCUT2D eigenvalue weighted by Crippen LogP contribution is 2.21. The molecule has 12 nitrogen and oxygen atoms in total. The van der Waals surface area contributed by atoms with E-state index < -0.39 is 33.7 Å². The van der Waals surface area contributed by atoms with Gasteiger partial charge in [-0.05, 0) is 45.0 Å². The average Bonchev–Trinajstić information content (AvgIpc) is 3.59. The van der Waals surface area contributed by atoms with Crippen molar-refractivity contribution in [2.45, 2.75) is 65.7 Å². The van der Waals surface area contributed by atoms with Crippen LogP contribution in [0, 0.1) is 0 Å². The number of aromatic nitrogens is 6. The summed E-state index contributed by atoms with van der Waals surface area (Å²) in [7, 11) is -2.63. The van der Waals surface area contributed by atoms with Gasteiger partial charge in [0.25, 0.3) is 0 Å². The number of ether oxygens (including phenoxy) is 3. The number of rotatable bonds is 10. The molecule has 4 aromatic rings. The first-order chi connectivity index (χ1) is 21.2. The summed E-state index contributed by atoms with van der Waals surface area (Å²) < 4.78 is 19.7. The third kappa shape index (κ3) is 11.6. The van der Waals surface area contributed by atoms with Gasteiger partial charge in [-0.3, -0.25) is 0 Å². The summed E-state index contributed by atoms with van der Waals surface area (Å²) in [6.07, 6.45) is 4.80. The molecule has 0 bridgehead atoms. The Morgan fingerprint density at radius 1 is 0.739 bits per heavy atom. The summed E-state index contributed by atoms with van der Waals surface area (Å²) in [5, 5.41) is 17.5. The Labute approximate surface area is 280 Å². The highest BCUT2D eigenvalue weighted by atomic mass is 35.5. The molecule has 46 heavy (non-hydrogen) atoms. The molecule has 4 heterocycles. The fourth-order valence-electron chi connectivity index (χ4n) is 3.35. The smallest absolute Gasteiger partial charge is 0.341 e. The number of carboxylic acids is 1. The zero-order chi connectivity index (χ0) is 34.4. The van der Waals surface area contributed by atoms with E-state index in [4.69, 9.17) is 42.5 Å². The van der Waals surface area contributed by atoms with Crippen LogP contribution in [0.15, 0.2) is 48.8 Å². The molecule has 0 fully saturated rings. The van der Waals surface area contributed by atoms with Crippen molar-refractivity contribution in [3.8, 4) is 23.4 Å². The van der Waals surface area contributed by atoms with Gasteiger partial charge in [0.05, 0.1) is 39.7 Å². The van der Waals surface area contributed by atoms with Crippen LogP contribution >= 0.6 is 23.2 Å². The number of hydrogen-bond acceptors (Lipinski definition) is 9. The van der Waals surface area contributed by atoms with Gasteiger partial charge in [0.15, 0.2) is 11.6 Å². The lowest BCUT2D eigenvalue weighted by molar-refractivity contribution is 0.00690. The fourth-order valence-corrected chi connectivity index (χ4v) is 4.97. The Kier molecular flexibility index (Phi) is 11.8. The van der Waals surface area contributed by atoms with Crippen LogP contribution in [0.3, 0.4) is 0 Å². The van der Waals surface area contributed by atoms with Crippen molar-refractivity contribution in [2.24, 2.45) is 0 Å². The standard InChI is InChI=1S/C17H24ClN3O3Si.C13H16ClN3O3Si/c1-17(2,3)24-16(22)12-7-8-13(19-15(12)18)21-10-9-14(20-21)23-11-25(4,5)6;1-21(2,3)8-20-11-6-7-17(16-11)10-5-4-9(13(18)19)12(14)15-10/h7-10H,11H2,1-6H3;4-7H,8H2,1-3H3,(H,18,19). The lowest BCUT2D eigenvalue weighted by atomic mass is 10.2. The van der Waals surface area contributed by atoms with E-state index in [2.05, 4.69) is 59.4 Å². The molecule has 0 aromatic carbocycles.